The van der Waals surface area contributed by atoms with Crippen molar-refractivity contribution < 1.29 is 4.79 Å². The van der Waals surface area contributed by atoms with E-state index in [0.717, 1.165) is 41.3 Å². The maximum atomic E-state index is 12.8. The summed E-state index contributed by atoms with van der Waals surface area (Å²) in [4.78, 5) is 21.1. The number of rotatable bonds is 4. The van der Waals surface area contributed by atoms with Crippen LogP contribution in [0.4, 0.5) is 11.4 Å². The van der Waals surface area contributed by atoms with Crippen molar-refractivity contribution in [2.45, 2.75) is 45.2 Å². The van der Waals surface area contributed by atoms with Crippen molar-refractivity contribution >= 4 is 28.2 Å². The Balaban J connectivity index is 1.27. The largest absolute Gasteiger partial charge is 0.370 e. The highest BCUT2D eigenvalue weighted by Crippen LogP contribution is 2.30. The summed E-state index contributed by atoms with van der Waals surface area (Å²) in [6.07, 6.45) is 5.80. The molecule has 2 atom stereocenters. The molecule has 0 aliphatic carbocycles. The molecule has 2 aliphatic rings. The maximum absolute atomic E-state index is 12.8. The number of hydrogen-bond donors (Lipinski definition) is 2. The van der Waals surface area contributed by atoms with Crippen LogP contribution in [0, 0.1) is 6.92 Å². The van der Waals surface area contributed by atoms with Crippen LogP contribution in [0.3, 0.4) is 0 Å². The van der Waals surface area contributed by atoms with E-state index in [9.17, 15) is 4.79 Å². The van der Waals surface area contributed by atoms with E-state index in [2.05, 4.69) is 46.1 Å². The molecule has 30 heavy (non-hydrogen) atoms. The van der Waals surface area contributed by atoms with Crippen molar-refractivity contribution in [3.8, 4) is 0 Å². The van der Waals surface area contributed by atoms with Crippen LogP contribution in [0.5, 0.6) is 0 Å². The number of aromatic amines is 1. The summed E-state index contributed by atoms with van der Waals surface area (Å²) in [5.41, 5.74) is 4.87. The van der Waals surface area contributed by atoms with E-state index >= 15 is 0 Å². The molecule has 3 heterocycles. The lowest BCUT2D eigenvalue weighted by atomic mass is 10.1. The van der Waals surface area contributed by atoms with Gasteiger partial charge in [-0.2, -0.15) is 0 Å². The summed E-state index contributed by atoms with van der Waals surface area (Å²) in [6.45, 7) is 7.90. The second-order valence-corrected chi connectivity index (χ2v) is 8.85. The Bertz CT molecular complexity index is 1070. The van der Waals surface area contributed by atoms with Crippen molar-refractivity contribution in [2.75, 3.05) is 29.9 Å². The fourth-order valence-corrected chi connectivity index (χ4v) is 5.11. The molecule has 5 nitrogen and oxygen atoms in total. The van der Waals surface area contributed by atoms with Gasteiger partial charge < -0.3 is 15.2 Å². The number of aromatic nitrogens is 1. The van der Waals surface area contributed by atoms with Gasteiger partial charge in [-0.05, 0) is 87.0 Å². The predicted molar refractivity (Wildman–Crippen MR) is 123 cm³/mol. The molecule has 0 bridgehead atoms. The van der Waals surface area contributed by atoms with Crippen LogP contribution in [0.15, 0.2) is 48.7 Å². The molecule has 2 unspecified atom stereocenters. The van der Waals surface area contributed by atoms with Gasteiger partial charge in [0.05, 0.1) is 0 Å². The molecule has 0 radical (unpaired) electrons. The van der Waals surface area contributed by atoms with Crippen LogP contribution in [0.25, 0.3) is 10.9 Å². The summed E-state index contributed by atoms with van der Waals surface area (Å²) in [7, 11) is 0. The monoisotopic (exact) mass is 402 g/mol. The molecular formula is C25H30N4O. The molecule has 2 N–H and O–H groups in total. The minimum absolute atomic E-state index is 0.0772. The van der Waals surface area contributed by atoms with Crippen molar-refractivity contribution in [1.82, 2.24) is 9.88 Å². The standard InChI is InChI=1S/C25H30N4O/c1-17-14-21(28-13-10-22(16-28)29-12-3-4-18(29)2)7-8-23(17)27-25(30)20-6-5-19-9-11-26-24(19)15-20/h5-9,11,14-15,18,22,26H,3-4,10,12-13,16H2,1-2H3,(H,27,30). The Labute approximate surface area is 178 Å². The van der Waals surface area contributed by atoms with Gasteiger partial charge in [0.15, 0.2) is 0 Å². The molecule has 0 saturated carbocycles. The number of nitrogens with zero attached hydrogens (tertiary/aromatic N) is 2. The number of nitrogens with one attached hydrogen (secondary N) is 2. The second kappa shape index (κ2) is 7.80. The van der Waals surface area contributed by atoms with Crippen LogP contribution in [0.2, 0.25) is 0 Å². The number of H-pyrrole nitrogens is 1. The van der Waals surface area contributed by atoms with Gasteiger partial charge in [-0.1, -0.05) is 6.07 Å². The highest BCUT2D eigenvalue weighted by molar-refractivity contribution is 6.06. The van der Waals surface area contributed by atoms with Gasteiger partial charge in [0.25, 0.3) is 5.91 Å². The normalized spacial score (nSPS) is 22.1. The van der Waals surface area contributed by atoms with E-state index in [-0.39, 0.29) is 5.91 Å². The zero-order chi connectivity index (χ0) is 20.7. The predicted octanol–water partition coefficient (Wildman–Crippen LogP) is 4.79. The summed E-state index contributed by atoms with van der Waals surface area (Å²) >= 11 is 0. The Morgan fingerprint density at radius 3 is 2.80 bits per heavy atom. The first kappa shape index (κ1) is 19.2. The fraction of sp³-hybridized carbons (Fsp3) is 0.400. The number of likely N-dealkylation sites (tertiary alicyclic amines) is 1. The van der Waals surface area contributed by atoms with Crippen molar-refractivity contribution in [3.05, 3.63) is 59.8 Å². The average molecular weight is 403 g/mol. The number of fused-ring (bicyclic) bond motifs is 1. The van der Waals surface area contributed by atoms with Crippen LogP contribution >= 0.6 is 0 Å². The van der Waals surface area contributed by atoms with E-state index in [1.807, 2.05) is 36.5 Å². The molecule has 2 aromatic carbocycles. The minimum Gasteiger partial charge on any atom is -0.370 e. The smallest absolute Gasteiger partial charge is 0.255 e. The highest BCUT2D eigenvalue weighted by atomic mass is 16.1. The number of aryl methyl sites for hydroxylation is 1. The summed E-state index contributed by atoms with van der Waals surface area (Å²) in [5, 5.41) is 4.19. The summed E-state index contributed by atoms with van der Waals surface area (Å²) in [6, 6.07) is 15.5. The van der Waals surface area contributed by atoms with E-state index < -0.39 is 0 Å². The molecule has 156 valence electrons. The van der Waals surface area contributed by atoms with E-state index in [0.29, 0.717) is 11.6 Å². The van der Waals surface area contributed by atoms with Gasteiger partial charge in [-0.25, -0.2) is 0 Å². The van der Waals surface area contributed by atoms with Gasteiger partial charge in [-0.3, -0.25) is 9.69 Å². The molecule has 5 rings (SSSR count). The SMILES string of the molecule is Cc1cc(N2CCC(N3CCCC3C)C2)ccc1NC(=O)c1ccc2cc[nH]c2c1. The quantitative estimate of drug-likeness (QED) is 0.660. The van der Waals surface area contributed by atoms with Crippen molar-refractivity contribution in [3.63, 3.8) is 0 Å². The third kappa shape index (κ3) is 3.58. The minimum atomic E-state index is -0.0772. The average Bonchev–Trinajstić information content (AvgIpc) is 3.48. The van der Waals surface area contributed by atoms with Gasteiger partial charge >= 0.3 is 0 Å². The first-order chi connectivity index (χ1) is 14.6. The summed E-state index contributed by atoms with van der Waals surface area (Å²) < 4.78 is 0. The number of anilines is 2. The Kier molecular flexibility index (Phi) is 4.99. The zero-order valence-corrected chi connectivity index (χ0v) is 17.8. The van der Waals surface area contributed by atoms with Gasteiger partial charge in [0.2, 0.25) is 0 Å². The molecule has 2 aliphatic heterocycles. The number of amides is 1. The zero-order valence-electron chi connectivity index (χ0n) is 17.8. The lowest BCUT2D eigenvalue weighted by molar-refractivity contribution is 0.102. The lowest BCUT2D eigenvalue weighted by Crippen LogP contribution is -2.39. The number of hydrogen-bond acceptors (Lipinski definition) is 3. The molecule has 5 heteroatoms. The fourth-order valence-electron chi connectivity index (χ4n) is 5.11. The Morgan fingerprint density at radius 2 is 2.00 bits per heavy atom. The number of carbonyl (C=O) groups is 1. The Hall–Kier alpha value is -2.79. The van der Waals surface area contributed by atoms with Crippen LogP contribution < -0.4 is 10.2 Å². The molecule has 1 amide bonds. The number of benzene rings is 2. The molecule has 1 aromatic heterocycles. The van der Waals surface area contributed by atoms with Crippen molar-refractivity contribution in [2.24, 2.45) is 0 Å². The van der Waals surface area contributed by atoms with Crippen LogP contribution in [-0.2, 0) is 0 Å². The van der Waals surface area contributed by atoms with Gasteiger partial charge in [0.1, 0.15) is 0 Å². The first-order valence-electron chi connectivity index (χ1n) is 11.1. The van der Waals surface area contributed by atoms with E-state index in [4.69, 9.17) is 0 Å². The first-order valence-corrected chi connectivity index (χ1v) is 11.1. The third-order valence-corrected chi connectivity index (χ3v) is 6.88. The van der Waals surface area contributed by atoms with Crippen LogP contribution in [0.1, 0.15) is 42.1 Å². The van der Waals surface area contributed by atoms with E-state index in [1.54, 1.807) is 0 Å². The third-order valence-electron chi connectivity index (χ3n) is 6.88. The highest BCUT2D eigenvalue weighted by Gasteiger charge is 2.32. The Morgan fingerprint density at radius 1 is 1.10 bits per heavy atom. The molecular weight excluding hydrogens is 372 g/mol. The lowest BCUT2D eigenvalue weighted by Gasteiger charge is -2.28. The second-order valence-electron chi connectivity index (χ2n) is 8.85. The molecule has 2 saturated heterocycles. The molecule has 3 aromatic rings. The van der Waals surface area contributed by atoms with E-state index in [1.165, 1.54) is 31.5 Å². The van der Waals surface area contributed by atoms with Crippen LogP contribution in [-0.4, -0.2) is 47.5 Å². The maximum Gasteiger partial charge on any atom is 0.255 e. The van der Waals surface area contributed by atoms with Crippen molar-refractivity contribution in [1.29, 1.82) is 0 Å². The van der Waals surface area contributed by atoms with Gasteiger partial charge in [0, 0.05) is 53.8 Å². The molecule has 0 spiro atoms. The number of carbonyl (C=O) groups excluding carboxylic acids is 1. The summed E-state index contributed by atoms with van der Waals surface area (Å²) in [5.74, 6) is -0.0772. The van der Waals surface area contributed by atoms with Gasteiger partial charge in [-0.15, -0.1) is 0 Å². The topological polar surface area (TPSA) is 51.4 Å². The molecule has 2 fully saturated rings.